The second-order valence-electron chi connectivity index (χ2n) is 7.00. The van der Waals surface area contributed by atoms with E-state index in [1.54, 1.807) is 6.20 Å². The van der Waals surface area contributed by atoms with E-state index < -0.39 is 0 Å². The molecule has 6 nitrogen and oxygen atoms in total. The summed E-state index contributed by atoms with van der Waals surface area (Å²) >= 11 is 0. The highest BCUT2D eigenvalue weighted by molar-refractivity contribution is 5.90. The Hall–Kier alpha value is -2.34. The van der Waals surface area contributed by atoms with Gasteiger partial charge in [0.1, 0.15) is 0 Å². The Balaban J connectivity index is 1.34. The van der Waals surface area contributed by atoms with E-state index in [0.717, 1.165) is 30.5 Å². The number of carbonyl (C=O) groups excluding carboxylic acids is 1. The van der Waals surface area contributed by atoms with Gasteiger partial charge < -0.3 is 19.8 Å². The Bertz CT molecular complexity index is 723. The molecule has 2 aromatic rings. The standard InChI is InChI=1S/C19H23N3O3/c23-18(22-16-10-19(25-12-16)7-2-1-3-8-19)21-15-6-4-5-14(9-15)17-11-20-13-24-17/h4-6,9,11,13,16H,1-3,7-8,10,12H2,(H2,21,22,23)/t16-/m1/s1. The summed E-state index contributed by atoms with van der Waals surface area (Å²) in [4.78, 5) is 16.2. The van der Waals surface area contributed by atoms with Crippen LogP contribution in [0.5, 0.6) is 0 Å². The molecule has 2 heterocycles. The summed E-state index contributed by atoms with van der Waals surface area (Å²) in [5.74, 6) is 0.674. The van der Waals surface area contributed by atoms with E-state index in [-0.39, 0.29) is 17.7 Å². The SMILES string of the molecule is O=C(Nc1cccc(-c2cnco2)c1)N[C@H]1COC2(CCCCC2)C1. The van der Waals surface area contributed by atoms with E-state index in [1.165, 1.54) is 25.7 Å². The van der Waals surface area contributed by atoms with Crippen LogP contribution in [0, 0.1) is 0 Å². The van der Waals surface area contributed by atoms with Crippen LogP contribution in [0.3, 0.4) is 0 Å². The van der Waals surface area contributed by atoms with Crippen LogP contribution >= 0.6 is 0 Å². The number of amides is 2. The molecule has 2 aliphatic rings. The van der Waals surface area contributed by atoms with E-state index in [2.05, 4.69) is 15.6 Å². The Morgan fingerprint density at radius 1 is 1.24 bits per heavy atom. The zero-order valence-electron chi connectivity index (χ0n) is 14.2. The predicted octanol–water partition coefficient (Wildman–Crippen LogP) is 3.95. The Labute approximate surface area is 147 Å². The molecule has 0 radical (unpaired) electrons. The molecule has 25 heavy (non-hydrogen) atoms. The predicted molar refractivity (Wildman–Crippen MR) is 94.3 cm³/mol. The van der Waals surface area contributed by atoms with Crippen molar-refractivity contribution < 1.29 is 13.9 Å². The molecular weight excluding hydrogens is 318 g/mol. The lowest BCUT2D eigenvalue weighted by Crippen LogP contribution is -2.39. The van der Waals surface area contributed by atoms with Crippen LogP contribution in [0.4, 0.5) is 10.5 Å². The van der Waals surface area contributed by atoms with Gasteiger partial charge in [-0.3, -0.25) is 0 Å². The highest BCUT2D eigenvalue weighted by Gasteiger charge is 2.41. The molecule has 1 aliphatic carbocycles. The summed E-state index contributed by atoms with van der Waals surface area (Å²) in [5.41, 5.74) is 1.60. The molecule has 1 aromatic heterocycles. The monoisotopic (exact) mass is 341 g/mol. The molecule has 1 aliphatic heterocycles. The smallest absolute Gasteiger partial charge is 0.319 e. The van der Waals surface area contributed by atoms with Gasteiger partial charge in [-0.15, -0.1) is 0 Å². The van der Waals surface area contributed by atoms with Crippen molar-refractivity contribution in [1.82, 2.24) is 10.3 Å². The molecule has 4 rings (SSSR count). The fourth-order valence-electron chi connectivity index (χ4n) is 3.94. The summed E-state index contributed by atoms with van der Waals surface area (Å²) in [6.45, 7) is 0.603. The number of ether oxygens (including phenoxy) is 1. The van der Waals surface area contributed by atoms with E-state index >= 15 is 0 Å². The van der Waals surface area contributed by atoms with Gasteiger partial charge in [0.2, 0.25) is 0 Å². The lowest BCUT2D eigenvalue weighted by molar-refractivity contribution is -0.0245. The number of nitrogens with one attached hydrogen (secondary N) is 2. The van der Waals surface area contributed by atoms with Crippen molar-refractivity contribution in [3.63, 3.8) is 0 Å². The summed E-state index contributed by atoms with van der Waals surface area (Å²) < 4.78 is 11.3. The van der Waals surface area contributed by atoms with E-state index in [0.29, 0.717) is 12.4 Å². The number of hydrogen-bond donors (Lipinski definition) is 2. The fourth-order valence-corrected chi connectivity index (χ4v) is 3.94. The van der Waals surface area contributed by atoms with Gasteiger partial charge >= 0.3 is 6.03 Å². The van der Waals surface area contributed by atoms with Crippen LogP contribution in [0.25, 0.3) is 11.3 Å². The first-order valence-electron chi connectivity index (χ1n) is 8.93. The first-order valence-corrected chi connectivity index (χ1v) is 8.93. The van der Waals surface area contributed by atoms with E-state index in [1.807, 2.05) is 24.3 Å². The first kappa shape index (κ1) is 16.1. The molecule has 2 N–H and O–H groups in total. The summed E-state index contributed by atoms with van der Waals surface area (Å²) in [6, 6.07) is 7.40. The van der Waals surface area contributed by atoms with Crippen LogP contribution in [0.15, 0.2) is 41.3 Å². The molecule has 2 fully saturated rings. The lowest BCUT2D eigenvalue weighted by Gasteiger charge is -2.32. The number of aromatic nitrogens is 1. The summed E-state index contributed by atoms with van der Waals surface area (Å²) in [7, 11) is 0. The third-order valence-corrected chi connectivity index (χ3v) is 5.15. The van der Waals surface area contributed by atoms with Gasteiger partial charge in [0.05, 0.1) is 24.4 Å². The molecular formula is C19H23N3O3. The van der Waals surface area contributed by atoms with Crippen molar-refractivity contribution in [1.29, 1.82) is 0 Å². The zero-order chi connectivity index (χ0) is 17.1. The second kappa shape index (κ2) is 6.88. The number of benzene rings is 1. The number of carbonyl (C=O) groups is 1. The van der Waals surface area contributed by atoms with Gasteiger partial charge in [-0.2, -0.15) is 0 Å². The number of urea groups is 1. The maximum absolute atomic E-state index is 12.3. The molecule has 0 bridgehead atoms. The number of nitrogens with zero attached hydrogens (tertiary/aromatic N) is 1. The van der Waals surface area contributed by atoms with Gasteiger partial charge in [-0.1, -0.05) is 31.4 Å². The Morgan fingerprint density at radius 2 is 2.12 bits per heavy atom. The minimum atomic E-state index is -0.198. The topological polar surface area (TPSA) is 76.4 Å². The average Bonchev–Trinajstić information content (AvgIpc) is 3.27. The number of oxazole rings is 1. The van der Waals surface area contributed by atoms with Crippen molar-refractivity contribution in [2.24, 2.45) is 0 Å². The molecule has 132 valence electrons. The lowest BCUT2D eigenvalue weighted by atomic mass is 9.82. The van der Waals surface area contributed by atoms with Crippen molar-refractivity contribution in [2.75, 3.05) is 11.9 Å². The van der Waals surface area contributed by atoms with Crippen molar-refractivity contribution in [3.05, 3.63) is 36.9 Å². The Kier molecular flexibility index (Phi) is 4.44. The number of rotatable bonds is 3. The summed E-state index contributed by atoms with van der Waals surface area (Å²) in [6.07, 6.45) is 9.95. The third kappa shape index (κ3) is 3.69. The highest BCUT2D eigenvalue weighted by atomic mass is 16.5. The number of hydrogen-bond acceptors (Lipinski definition) is 4. The van der Waals surface area contributed by atoms with E-state index in [4.69, 9.17) is 9.15 Å². The fraction of sp³-hybridized carbons (Fsp3) is 0.474. The molecule has 6 heteroatoms. The first-order chi connectivity index (χ1) is 12.2. The molecule has 0 unspecified atom stereocenters. The molecule has 1 saturated carbocycles. The Morgan fingerprint density at radius 3 is 2.92 bits per heavy atom. The van der Waals surface area contributed by atoms with Gasteiger partial charge in [-0.05, 0) is 31.4 Å². The largest absolute Gasteiger partial charge is 0.444 e. The maximum Gasteiger partial charge on any atom is 0.319 e. The van der Waals surface area contributed by atoms with Crippen LogP contribution in [-0.2, 0) is 4.74 Å². The van der Waals surface area contributed by atoms with Gasteiger partial charge in [0.25, 0.3) is 0 Å². The van der Waals surface area contributed by atoms with Gasteiger partial charge in [0.15, 0.2) is 12.2 Å². The van der Waals surface area contributed by atoms with Gasteiger partial charge in [-0.25, -0.2) is 9.78 Å². The zero-order valence-corrected chi connectivity index (χ0v) is 14.2. The number of anilines is 1. The maximum atomic E-state index is 12.3. The second-order valence-corrected chi connectivity index (χ2v) is 7.00. The molecule has 1 saturated heterocycles. The van der Waals surface area contributed by atoms with Crippen LogP contribution in [0.1, 0.15) is 38.5 Å². The van der Waals surface area contributed by atoms with E-state index in [9.17, 15) is 4.79 Å². The minimum absolute atomic E-state index is 0.00238. The molecule has 1 aromatic carbocycles. The normalized spacial score (nSPS) is 22.0. The summed E-state index contributed by atoms with van der Waals surface area (Å²) in [5, 5.41) is 5.94. The third-order valence-electron chi connectivity index (χ3n) is 5.15. The molecule has 2 amide bonds. The van der Waals surface area contributed by atoms with Crippen molar-refractivity contribution >= 4 is 11.7 Å². The average molecular weight is 341 g/mol. The molecule has 1 atom stereocenters. The van der Waals surface area contributed by atoms with Gasteiger partial charge in [0, 0.05) is 11.3 Å². The highest BCUT2D eigenvalue weighted by Crippen LogP contribution is 2.39. The minimum Gasteiger partial charge on any atom is -0.444 e. The molecule has 1 spiro atoms. The van der Waals surface area contributed by atoms with Crippen LogP contribution < -0.4 is 10.6 Å². The van der Waals surface area contributed by atoms with Crippen molar-refractivity contribution in [3.8, 4) is 11.3 Å². The quantitative estimate of drug-likeness (QED) is 0.886. The van der Waals surface area contributed by atoms with Crippen molar-refractivity contribution in [2.45, 2.75) is 50.2 Å². The van der Waals surface area contributed by atoms with Crippen LogP contribution in [-0.4, -0.2) is 29.3 Å². The van der Waals surface area contributed by atoms with Crippen LogP contribution in [0.2, 0.25) is 0 Å².